The van der Waals surface area contributed by atoms with Gasteiger partial charge in [-0.1, -0.05) is 26.0 Å². The van der Waals surface area contributed by atoms with E-state index in [0.717, 1.165) is 11.4 Å². The number of nitrogens with zero attached hydrogens (tertiary/aromatic N) is 2. The number of anilines is 2. The Bertz CT molecular complexity index is 1040. The van der Waals surface area contributed by atoms with Crippen molar-refractivity contribution in [1.29, 1.82) is 0 Å². The SMILES string of the molecule is Cc1nc2cc(N3C[C@@H](C(=O)Nc4ccc(C(C)C)cc4)CC3=O)ccc2o1. The zero-order valence-electron chi connectivity index (χ0n) is 16.2. The first-order valence-electron chi connectivity index (χ1n) is 9.49. The predicted octanol–water partition coefficient (Wildman–Crippen LogP) is 4.25. The fourth-order valence-corrected chi connectivity index (χ4v) is 3.53. The van der Waals surface area contributed by atoms with E-state index in [9.17, 15) is 9.59 Å². The summed E-state index contributed by atoms with van der Waals surface area (Å²) in [6, 6.07) is 13.3. The molecule has 0 radical (unpaired) electrons. The Morgan fingerprint density at radius 3 is 2.68 bits per heavy atom. The maximum absolute atomic E-state index is 12.7. The Morgan fingerprint density at radius 2 is 1.96 bits per heavy atom. The van der Waals surface area contributed by atoms with E-state index in [4.69, 9.17) is 4.42 Å². The average molecular weight is 377 g/mol. The van der Waals surface area contributed by atoms with Crippen molar-refractivity contribution >= 4 is 34.3 Å². The van der Waals surface area contributed by atoms with Crippen molar-refractivity contribution in [2.75, 3.05) is 16.8 Å². The summed E-state index contributed by atoms with van der Waals surface area (Å²) in [5, 5.41) is 2.93. The Labute approximate surface area is 163 Å². The van der Waals surface area contributed by atoms with E-state index in [-0.39, 0.29) is 24.2 Å². The number of hydrogen-bond acceptors (Lipinski definition) is 4. The van der Waals surface area contributed by atoms with E-state index >= 15 is 0 Å². The molecule has 144 valence electrons. The van der Waals surface area contributed by atoms with Gasteiger partial charge in [0.25, 0.3) is 0 Å². The lowest BCUT2D eigenvalue weighted by Crippen LogP contribution is -2.28. The highest BCUT2D eigenvalue weighted by Crippen LogP contribution is 2.29. The topological polar surface area (TPSA) is 75.4 Å². The summed E-state index contributed by atoms with van der Waals surface area (Å²) in [4.78, 5) is 31.1. The zero-order valence-corrected chi connectivity index (χ0v) is 16.2. The highest BCUT2D eigenvalue weighted by Gasteiger charge is 2.35. The molecule has 0 aliphatic carbocycles. The van der Waals surface area contributed by atoms with Gasteiger partial charge in [-0.3, -0.25) is 9.59 Å². The second-order valence-electron chi connectivity index (χ2n) is 7.56. The van der Waals surface area contributed by atoms with Gasteiger partial charge < -0.3 is 14.6 Å². The van der Waals surface area contributed by atoms with Gasteiger partial charge >= 0.3 is 0 Å². The van der Waals surface area contributed by atoms with Crippen LogP contribution in [0.5, 0.6) is 0 Å². The number of aryl methyl sites for hydroxylation is 1. The number of fused-ring (bicyclic) bond motifs is 1. The maximum Gasteiger partial charge on any atom is 0.229 e. The first kappa shape index (κ1) is 18.2. The third-order valence-electron chi connectivity index (χ3n) is 5.13. The molecule has 0 saturated carbocycles. The van der Waals surface area contributed by atoms with Gasteiger partial charge in [-0.25, -0.2) is 4.98 Å². The van der Waals surface area contributed by atoms with Crippen molar-refractivity contribution in [3.8, 4) is 0 Å². The lowest BCUT2D eigenvalue weighted by molar-refractivity contribution is -0.122. The number of rotatable bonds is 4. The number of hydrogen-bond donors (Lipinski definition) is 1. The van der Waals surface area contributed by atoms with Crippen LogP contribution in [0.3, 0.4) is 0 Å². The third kappa shape index (κ3) is 3.50. The zero-order chi connectivity index (χ0) is 19.8. The number of benzene rings is 2. The molecule has 0 bridgehead atoms. The molecule has 1 aromatic heterocycles. The number of aromatic nitrogens is 1. The van der Waals surface area contributed by atoms with Crippen LogP contribution in [0.1, 0.15) is 37.6 Å². The van der Waals surface area contributed by atoms with Crippen LogP contribution in [0.25, 0.3) is 11.1 Å². The molecular weight excluding hydrogens is 354 g/mol. The number of nitrogens with one attached hydrogen (secondary N) is 1. The van der Waals surface area contributed by atoms with E-state index in [1.54, 1.807) is 11.8 Å². The van der Waals surface area contributed by atoms with Crippen LogP contribution in [0.2, 0.25) is 0 Å². The molecule has 1 aliphatic heterocycles. The van der Waals surface area contributed by atoms with Crippen molar-refractivity contribution in [2.24, 2.45) is 5.92 Å². The molecule has 0 unspecified atom stereocenters. The van der Waals surface area contributed by atoms with E-state index < -0.39 is 0 Å². The van der Waals surface area contributed by atoms with Crippen molar-refractivity contribution in [3.05, 3.63) is 53.9 Å². The van der Waals surface area contributed by atoms with E-state index in [0.29, 0.717) is 29.5 Å². The van der Waals surface area contributed by atoms with Crippen LogP contribution in [0.4, 0.5) is 11.4 Å². The predicted molar refractivity (Wildman–Crippen MR) is 108 cm³/mol. The number of amides is 2. The smallest absolute Gasteiger partial charge is 0.229 e. The van der Waals surface area contributed by atoms with Gasteiger partial charge in [0.05, 0.1) is 5.92 Å². The summed E-state index contributed by atoms with van der Waals surface area (Å²) in [6.07, 6.45) is 0.200. The highest BCUT2D eigenvalue weighted by molar-refractivity contribution is 6.04. The minimum Gasteiger partial charge on any atom is -0.441 e. The molecule has 1 atom stereocenters. The van der Waals surface area contributed by atoms with E-state index in [1.807, 2.05) is 42.5 Å². The molecule has 1 aliphatic rings. The van der Waals surface area contributed by atoms with Crippen molar-refractivity contribution in [3.63, 3.8) is 0 Å². The average Bonchev–Trinajstić information content (AvgIpc) is 3.23. The van der Waals surface area contributed by atoms with Gasteiger partial charge in [0.2, 0.25) is 11.8 Å². The minimum atomic E-state index is -0.382. The molecule has 4 rings (SSSR count). The fraction of sp³-hybridized carbons (Fsp3) is 0.318. The number of carbonyl (C=O) groups excluding carboxylic acids is 2. The monoisotopic (exact) mass is 377 g/mol. The molecule has 3 aromatic rings. The van der Waals surface area contributed by atoms with Crippen molar-refractivity contribution in [2.45, 2.75) is 33.1 Å². The second-order valence-corrected chi connectivity index (χ2v) is 7.56. The molecule has 1 N–H and O–H groups in total. The summed E-state index contributed by atoms with van der Waals surface area (Å²) >= 11 is 0. The lowest BCUT2D eigenvalue weighted by atomic mass is 10.0. The van der Waals surface area contributed by atoms with Crippen LogP contribution in [0.15, 0.2) is 46.9 Å². The Balaban J connectivity index is 1.46. The van der Waals surface area contributed by atoms with Crippen LogP contribution < -0.4 is 10.2 Å². The van der Waals surface area contributed by atoms with Gasteiger partial charge in [-0.05, 0) is 41.8 Å². The molecule has 2 heterocycles. The highest BCUT2D eigenvalue weighted by atomic mass is 16.3. The van der Waals surface area contributed by atoms with Crippen LogP contribution in [0, 0.1) is 12.8 Å². The first-order valence-corrected chi connectivity index (χ1v) is 9.49. The normalized spacial score (nSPS) is 16.9. The molecule has 2 aromatic carbocycles. The summed E-state index contributed by atoms with van der Waals surface area (Å²) in [7, 11) is 0. The van der Waals surface area contributed by atoms with Gasteiger partial charge in [0.1, 0.15) is 5.52 Å². The molecule has 0 spiro atoms. The summed E-state index contributed by atoms with van der Waals surface area (Å²) in [5.74, 6) is 0.450. The summed E-state index contributed by atoms with van der Waals surface area (Å²) in [6.45, 7) is 6.40. The number of oxazole rings is 1. The molecule has 2 amide bonds. The Morgan fingerprint density at radius 1 is 1.21 bits per heavy atom. The quantitative estimate of drug-likeness (QED) is 0.737. The standard InChI is InChI=1S/C22H23N3O3/c1-13(2)15-4-6-17(7-5-15)24-22(27)16-10-21(26)25(12-16)18-8-9-20-19(11-18)23-14(3)28-20/h4-9,11,13,16H,10,12H2,1-3H3,(H,24,27)/t16-/m0/s1. The minimum absolute atomic E-state index is 0.0603. The van der Waals surface area contributed by atoms with E-state index in [1.165, 1.54) is 5.56 Å². The third-order valence-corrected chi connectivity index (χ3v) is 5.13. The Hall–Kier alpha value is -3.15. The fourth-order valence-electron chi connectivity index (χ4n) is 3.53. The Kier molecular flexibility index (Phi) is 4.63. The van der Waals surface area contributed by atoms with Crippen molar-refractivity contribution < 1.29 is 14.0 Å². The molecular formula is C22H23N3O3. The van der Waals surface area contributed by atoms with Gasteiger partial charge in [-0.2, -0.15) is 0 Å². The molecule has 1 saturated heterocycles. The van der Waals surface area contributed by atoms with Crippen LogP contribution >= 0.6 is 0 Å². The van der Waals surface area contributed by atoms with Gasteiger partial charge in [0, 0.05) is 31.3 Å². The summed E-state index contributed by atoms with van der Waals surface area (Å²) in [5.41, 5.74) is 4.11. The van der Waals surface area contributed by atoms with Crippen molar-refractivity contribution in [1.82, 2.24) is 4.98 Å². The number of carbonyl (C=O) groups is 2. The largest absolute Gasteiger partial charge is 0.441 e. The molecule has 6 heteroatoms. The van der Waals surface area contributed by atoms with Crippen LogP contribution in [-0.4, -0.2) is 23.3 Å². The molecule has 1 fully saturated rings. The van der Waals surface area contributed by atoms with E-state index in [2.05, 4.69) is 24.1 Å². The molecule has 28 heavy (non-hydrogen) atoms. The van der Waals surface area contributed by atoms with Crippen LogP contribution in [-0.2, 0) is 9.59 Å². The molecule has 6 nitrogen and oxygen atoms in total. The lowest BCUT2D eigenvalue weighted by Gasteiger charge is -2.16. The summed E-state index contributed by atoms with van der Waals surface area (Å²) < 4.78 is 5.48. The first-order chi connectivity index (χ1) is 13.4. The van der Waals surface area contributed by atoms with Gasteiger partial charge in [-0.15, -0.1) is 0 Å². The second kappa shape index (κ2) is 7.11. The maximum atomic E-state index is 12.7. The van der Waals surface area contributed by atoms with Gasteiger partial charge in [0.15, 0.2) is 11.5 Å².